The third kappa shape index (κ3) is 6.43. The molecule has 0 fully saturated rings. The van der Waals surface area contributed by atoms with Crippen molar-refractivity contribution in [3.8, 4) is 5.75 Å². The highest BCUT2D eigenvalue weighted by Crippen LogP contribution is 2.34. The molecule has 0 aromatic heterocycles. The Balaban J connectivity index is 2.72. The molecule has 0 aliphatic heterocycles. The van der Waals surface area contributed by atoms with E-state index in [4.69, 9.17) is 33.7 Å². The fourth-order valence-corrected chi connectivity index (χ4v) is 2.56. The van der Waals surface area contributed by atoms with Gasteiger partial charge in [-0.2, -0.15) is 13.2 Å². The van der Waals surface area contributed by atoms with Gasteiger partial charge in [-0.05, 0) is 42.8 Å². The number of halogens is 5. The molecule has 1 rings (SSSR count). The molecular formula is C12H14Cl2F3NOS. The van der Waals surface area contributed by atoms with Gasteiger partial charge in [-0.3, -0.25) is 0 Å². The zero-order valence-corrected chi connectivity index (χ0v) is 13.0. The van der Waals surface area contributed by atoms with Crippen molar-refractivity contribution >= 4 is 35.0 Å². The van der Waals surface area contributed by atoms with Crippen LogP contribution in [-0.4, -0.2) is 23.9 Å². The lowest BCUT2D eigenvalue weighted by atomic mass is 10.1. The second-order valence-corrected chi connectivity index (χ2v) is 6.20. The average molecular weight is 348 g/mol. The molecule has 1 aromatic rings. The molecule has 2 nitrogen and oxygen atoms in total. The van der Waals surface area contributed by atoms with E-state index in [9.17, 15) is 13.2 Å². The molecule has 0 aliphatic rings. The van der Waals surface area contributed by atoms with Gasteiger partial charge >= 0.3 is 5.51 Å². The van der Waals surface area contributed by atoms with E-state index >= 15 is 0 Å². The Bertz CT molecular complexity index is 455. The van der Waals surface area contributed by atoms with Crippen LogP contribution in [0.1, 0.15) is 12.5 Å². The number of hydrogen-bond donors (Lipinski definition) is 1. The number of benzene rings is 1. The molecule has 0 radical (unpaired) electrons. The maximum absolute atomic E-state index is 12.0. The minimum atomic E-state index is -4.26. The maximum Gasteiger partial charge on any atom is 0.441 e. The first-order valence-electron chi connectivity index (χ1n) is 5.76. The highest BCUT2D eigenvalue weighted by atomic mass is 35.5. The van der Waals surface area contributed by atoms with Crippen molar-refractivity contribution in [2.45, 2.75) is 24.9 Å². The van der Waals surface area contributed by atoms with Crippen molar-refractivity contribution in [3.05, 3.63) is 27.7 Å². The van der Waals surface area contributed by atoms with Crippen LogP contribution < -0.4 is 10.5 Å². The molecule has 1 aromatic carbocycles. The van der Waals surface area contributed by atoms with Crippen LogP contribution in [0.2, 0.25) is 10.0 Å². The summed E-state index contributed by atoms with van der Waals surface area (Å²) in [4.78, 5) is 0. The van der Waals surface area contributed by atoms with E-state index in [-0.39, 0.29) is 35.2 Å². The van der Waals surface area contributed by atoms with E-state index < -0.39 is 5.51 Å². The van der Waals surface area contributed by atoms with Crippen molar-refractivity contribution in [2.75, 3.05) is 12.4 Å². The molecule has 1 unspecified atom stereocenters. The van der Waals surface area contributed by atoms with E-state index in [2.05, 4.69) is 0 Å². The fourth-order valence-electron chi connectivity index (χ4n) is 1.57. The van der Waals surface area contributed by atoms with Gasteiger partial charge in [0.25, 0.3) is 0 Å². The Morgan fingerprint density at radius 3 is 2.55 bits per heavy atom. The number of hydrogen-bond acceptors (Lipinski definition) is 3. The average Bonchev–Trinajstić information content (AvgIpc) is 2.24. The molecule has 0 aliphatic carbocycles. The highest BCUT2D eigenvalue weighted by molar-refractivity contribution is 8.00. The number of alkyl halides is 3. The molecule has 1 atom stereocenters. The van der Waals surface area contributed by atoms with Crippen molar-refractivity contribution < 1.29 is 17.9 Å². The molecular weight excluding hydrogens is 334 g/mol. The van der Waals surface area contributed by atoms with Gasteiger partial charge in [0.1, 0.15) is 5.75 Å². The minimum absolute atomic E-state index is 0.0997. The van der Waals surface area contributed by atoms with E-state index in [1.54, 1.807) is 13.0 Å². The molecule has 20 heavy (non-hydrogen) atoms. The lowest BCUT2D eigenvalue weighted by Crippen LogP contribution is -2.18. The molecule has 0 amide bonds. The van der Waals surface area contributed by atoms with E-state index in [0.29, 0.717) is 22.8 Å². The molecule has 0 bridgehead atoms. The number of nitrogens with two attached hydrogens (primary N) is 1. The third-order valence-corrected chi connectivity index (χ3v) is 3.42. The topological polar surface area (TPSA) is 35.2 Å². The maximum atomic E-state index is 12.0. The zero-order chi connectivity index (χ0) is 15.3. The molecule has 0 saturated heterocycles. The molecule has 2 N–H and O–H groups in total. The van der Waals surface area contributed by atoms with Crippen LogP contribution in [0.25, 0.3) is 0 Å². The predicted molar refractivity (Wildman–Crippen MR) is 77.8 cm³/mol. The quantitative estimate of drug-likeness (QED) is 0.768. The normalized spacial score (nSPS) is 13.3. The van der Waals surface area contributed by atoms with Gasteiger partial charge in [0.05, 0.1) is 11.6 Å². The van der Waals surface area contributed by atoms with Crippen LogP contribution in [0.3, 0.4) is 0 Å². The number of rotatable bonds is 6. The van der Waals surface area contributed by atoms with E-state index in [0.717, 1.165) is 0 Å². The van der Waals surface area contributed by atoms with Crippen molar-refractivity contribution in [1.82, 2.24) is 0 Å². The molecule has 0 heterocycles. The van der Waals surface area contributed by atoms with Crippen molar-refractivity contribution in [3.63, 3.8) is 0 Å². The molecule has 0 spiro atoms. The zero-order valence-electron chi connectivity index (χ0n) is 10.6. The summed E-state index contributed by atoms with van der Waals surface area (Å²) < 4.78 is 41.4. The standard InChI is InChI=1S/C12H14Cl2F3NOS/c1-7(18)4-8-5-9(13)6-10(14)11(8)19-2-3-20-12(15,16)17/h5-7H,2-4,18H2,1H3. The summed E-state index contributed by atoms with van der Waals surface area (Å²) in [7, 11) is 0. The van der Waals surface area contributed by atoms with Crippen LogP contribution in [0.15, 0.2) is 12.1 Å². The highest BCUT2D eigenvalue weighted by Gasteiger charge is 2.27. The van der Waals surface area contributed by atoms with Crippen LogP contribution >= 0.6 is 35.0 Å². The van der Waals surface area contributed by atoms with Gasteiger partial charge < -0.3 is 10.5 Å². The first kappa shape index (κ1) is 17.8. The number of thioether (sulfide) groups is 1. The Labute approximate surface area is 129 Å². The lowest BCUT2D eigenvalue weighted by molar-refractivity contribution is -0.0329. The smallest absolute Gasteiger partial charge is 0.441 e. The van der Waals surface area contributed by atoms with Gasteiger partial charge in [0.15, 0.2) is 0 Å². The number of ether oxygens (including phenoxy) is 1. The summed E-state index contributed by atoms with van der Waals surface area (Å²) in [5, 5.41) is 0.702. The first-order valence-corrected chi connectivity index (χ1v) is 7.50. The van der Waals surface area contributed by atoms with Crippen LogP contribution in [0, 0.1) is 0 Å². The summed E-state index contributed by atoms with van der Waals surface area (Å²) in [6.07, 6.45) is 0.474. The summed E-state index contributed by atoms with van der Waals surface area (Å²) in [5.74, 6) is 0.135. The van der Waals surface area contributed by atoms with Crippen LogP contribution in [0.4, 0.5) is 13.2 Å². The predicted octanol–water partition coefficient (Wildman–Crippen LogP) is 4.51. The second-order valence-electron chi connectivity index (χ2n) is 4.20. The Kier molecular flexibility index (Phi) is 6.78. The van der Waals surface area contributed by atoms with E-state index in [1.165, 1.54) is 6.07 Å². The second kappa shape index (κ2) is 7.64. The minimum Gasteiger partial charge on any atom is -0.491 e. The Hall–Kier alpha value is -0.300. The van der Waals surface area contributed by atoms with Gasteiger partial charge in [-0.15, -0.1) is 0 Å². The fraction of sp³-hybridized carbons (Fsp3) is 0.500. The summed E-state index contributed by atoms with van der Waals surface area (Å²) in [6, 6.07) is 3.00. The first-order chi connectivity index (χ1) is 9.19. The van der Waals surface area contributed by atoms with Gasteiger partial charge in [0.2, 0.25) is 0 Å². The summed E-state index contributed by atoms with van der Waals surface area (Å²) >= 11 is 11.8. The molecule has 0 saturated carbocycles. The third-order valence-electron chi connectivity index (χ3n) is 2.22. The summed E-state index contributed by atoms with van der Waals surface area (Å²) in [6.45, 7) is 1.70. The van der Waals surface area contributed by atoms with Crippen molar-refractivity contribution in [2.24, 2.45) is 5.73 Å². The van der Waals surface area contributed by atoms with Gasteiger partial charge in [-0.1, -0.05) is 23.2 Å². The van der Waals surface area contributed by atoms with Gasteiger partial charge in [0, 0.05) is 16.8 Å². The monoisotopic (exact) mass is 347 g/mol. The lowest BCUT2D eigenvalue weighted by Gasteiger charge is -2.15. The largest absolute Gasteiger partial charge is 0.491 e. The van der Waals surface area contributed by atoms with Crippen LogP contribution in [-0.2, 0) is 6.42 Å². The Morgan fingerprint density at radius 1 is 1.35 bits per heavy atom. The molecule has 8 heteroatoms. The van der Waals surface area contributed by atoms with E-state index in [1.807, 2.05) is 0 Å². The Morgan fingerprint density at radius 2 is 2.00 bits per heavy atom. The summed E-state index contributed by atoms with van der Waals surface area (Å²) in [5.41, 5.74) is 2.14. The van der Waals surface area contributed by atoms with Crippen molar-refractivity contribution in [1.29, 1.82) is 0 Å². The molecule has 114 valence electrons. The van der Waals surface area contributed by atoms with Crippen LogP contribution in [0.5, 0.6) is 5.75 Å². The SMILES string of the molecule is CC(N)Cc1cc(Cl)cc(Cl)c1OCCSC(F)(F)F. The van der Waals surface area contributed by atoms with Gasteiger partial charge in [-0.25, -0.2) is 0 Å².